The van der Waals surface area contributed by atoms with E-state index in [0.717, 1.165) is 5.57 Å². The molecule has 15 heavy (non-hydrogen) atoms. The smallest absolute Gasteiger partial charge is 0.295 e. The van der Waals surface area contributed by atoms with Crippen molar-refractivity contribution < 1.29 is 0 Å². The molecular weight excluding hydrogens is 194 g/mol. The van der Waals surface area contributed by atoms with Gasteiger partial charge in [0.2, 0.25) is 0 Å². The summed E-state index contributed by atoms with van der Waals surface area (Å²) < 4.78 is 1.28. The summed E-state index contributed by atoms with van der Waals surface area (Å²) >= 11 is 0. The molecule has 1 N–H and O–H groups in total. The Morgan fingerprint density at radius 1 is 1.60 bits per heavy atom. The van der Waals surface area contributed by atoms with Crippen molar-refractivity contribution in [1.82, 2.24) is 9.55 Å². The molecule has 1 aromatic heterocycles. The van der Waals surface area contributed by atoms with Gasteiger partial charge in [0.05, 0.1) is 0 Å². The van der Waals surface area contributed by atoms with Gasteiger partial charge >= 0.3 is 5.69 Å². The van der Waals surface area contributed by atoms with Gasteiger partial charge in [0.1, 0.15) is 11.6 Å². The average molecular weight is 205 g/mol. The maximum Gasteiger partial charge on any atom is 0.328 e. The van der Waals surface area contributed by atoms with E-state index < -0.39 is 11.2 Å². The largest absolute Gasteiger partial charge is 0.328 e. The molecule has 5 nitrogen and oxygen atoms in total. The van der Waals surface area contributed by atoms with E-state index in [4.69, 9.17) is 5.26 Å². The van der Waals surface area contributed by atoms with Crippen LogP contribution in [0.1, 0.15) is 19.4 Å². The molecule has 5 heteroatoms. The third-order valence-corrected chi connectivity index (χ3v) is 1.83. The van der Waals surface area contributed by atoms with Gasteiger partial charge in [0, 0.05) is 12.7 Å². The predicted octanol–water partition coefficient (Wildman–Crippen LogP) is 0.374. The van der Waals surface area contributed by atoms with E-state index >= 15 is 0 Å². The Kier molecular flexibility index (Phi) is 3.24. The van der Waals surface area contributed by atoms with Crippen LogP contribution in [0.4, 0.5) is 0 Å². The number of nitrogens with one attached hydrogen (secondary N) is 1. The molecule has 0 spiro atoms. The molecule has 0 bridgehead atoms. The zero-order valence-corrected chi connectivity index (χ0v) is 8.57. The lowest BCUT2D eigenvalue weighted by Gasteiger charge is -2.01. The van der Waals surface area contributed by atoms with Crippen LogP contribution in [-0.4, -0.2) is 9.55 Å². The standard InChI is InChI=1S/C10H11N3O2/c1-7(2)3-4-13-6-8(5-11)9(14)12-10(13)15/h3,6H,4H2,1-2H3,(H,12,14,15). The highest BCUT2D eigenvalue weighted by Gasteiger charge is 2.01. The van der Waals surface area contributed by atoms with Crippen LogP contribution in [0, 0.1) is 11.3 Å². The van der Waals surface area contributed by atoms with Crippen LogP contribution < -0.4 is 11.2 Å². The summed E-state index contributed by atoms with van der Waals surface area (Å²) in [5.74, 6) is 0. The Morgan fingerprint density at radius 3 is 2.80 bits per heavy atom. The lowest BCUT2D eigenvalue weighted by Crippen LogP contribution is -2.30. The van der Waals surface area contributed by atoms with Gasteiger partial charge in [-0.15, -0.1) is 0 Å². The number of aromatic nitrogens is 2. The van der Waals surface area contributed by atoms with E-state index in [1.54, 1.807) is 6.07 Å². The van der Waals surface area contributed by atoms with Crippen molar-refractivity contribution in [2.24, 2.45) is 0 Å². The Hall–Kier alpha value is -2.09. The number of nitriles is 1. The van der Waals surface area contributed by atoms with Crippen molar-refractivity contribution >= 4 is 0 Å². The van der Waals surface area contributed by atoms with E-state index in [2.05, 4.69) is 4.98 Å². The molecule has 0 aliphatic carbocycles. The number of rotatable bonds is 2. The first-order valence-corrected chi connectivity index (χ1v) is 4.42. The number of nitrogens with zero attached hydrogens (tertiary/aromatic N) is 2. The van der Waals surface area contributed by atoms with Crippen LogP contribution in [-0.2, 0) is 6.54 Å². The molecule has 78 valence electrons. The highest BCUT2D eigenvalue weighted by molar-refractivity contribution is 5.21. The van der Waals surface area contributed by atoms with Gasteiger partial charge < -0.3 is 0 Å². The summed E-state index contributed by atoms with van der Waals surface area (Å²) in [6.07, 6.45) is 3.10. The highest BCUT2D eigenvalue weighted by Crippen LogP contribution is 1.91. The van der Waals surface area contributed by atoms with E-state index in [9.17, 15) is 9.59 Å². The van der Waals surface area contributed by atoms with Crippen molar-refractivity contribution in [3.63, 3.8) is 0 Å². The minimum Gasteiger partial charge on any atom is -0.295 e. The van der Waals surface area contributed by atoms with Crippen LogP contribution in [0.15, 0.2) is 27.4 Å². The molecule has 1 heterocycles. The summed E-state index contributed by atoms with van der Waals surface area (Å²) in [5.41, 5.74) is -0.143. The highest BCUT2D eigenvalue weighted by atomic mass is 16.2. The monoisotopic (exact) mass is 205 g/mol. The first kappa shape index (κ1) is 11.0. The Morgan fingerprint density at radius 2 is 2.27 bits per heavy atom. The fraction of sp³-hybridized carbons (Fsp3) is 0.300. The zero-order chi connectivity index (χ0) is 11.4. The number of allylic oxidation sites excluding steroid dienone is 2. The third-order valence-electron chi connectivity index (χ3n) is 1.83. The minimum absolute atomic E-state index is 0.0586. The molecular formula is C10H11N3O2. The number of hydrogen-bond acceptors (Lipinski definition) is 3. The minimum atomic E-state index is -0.643. The maximum absolute atomic E-state index is 11.3. The fourth-order valence-electron chi connectivity index (χ4n) is 1.01. The molecule has 0 aliphatic rings. The molecule has 0 aliphatic heterocycles. The summed E-state index contributed by atoms with van der Waals surface area (Å²) in [7, 11) is 0. The van der Waals surface area contributed by atoms with E-state index in [1.807, 2.05) is 19.9 Å². The second kappa shape index (κ2) is 4.42. The Balaban J connectivity index is 3.21. The van der Waals surface area contributed by atoms with Gasteiger partial charge in [0.25, 0.3) is 5.56 Å². The van der Waals surface area contributed by atoms with Crippen LogP contribution >= 0.6 is 0 Å². The van der Waals surface area contributed by atoms with Gasteiger partial charge in [0.15, 0.2) is 0 Å². The molecule has 0 saturated heterocycles. The third kappa shape index (κ3) is 2.68. The van der Waals surface area contributed by atoms with Gasteiger partial charge in [-0.3, -0.25) is 14.3 Å². The molecule has 1 rings (SSSR count). The molecule has 0 aromatic carbocycles. The van der Waals surface area contributed by atoms with Crippen LogP contribution in [0.3, 0.4) is 0 Å². The van der Waals surface area contributed by atoms with Crippen LogP contribution in [0.25, 0.3) is 0 Å². The SMILES string of the molecule is CC(C)=CCn1cc(C#N)c(=O)[nH]c1=O. The zero-order valence-electron chi connectivity index (χ0n) is 8.57. The second-order valence-electron chi connectivity index (χ2n) is 3.35. The summed E-state index contributed by atoms with van der Waals surface area (Å²) in [6.45, 7) is 4.16. The van der Waals surface area contributed by atoms with Crippen molar-refractivity contribution in [2.75, 3.05) is 0 Å². The van der Waals surface area contributed by atoms with Crippen molar-refractivity contribution in [3.8, 4) is 6.07 Å². The van der Waals surface area contributed by atoms with Crippen LogP contribution in [0.5, 0.6) is 0 Å². The Labute approximate surface area is 86.3 Å². The number of H-pyrrole nitrogens is 1. The normalized spacial score (nSPS) is 9.40. The van der Waals surface area contributed by atoms with Gasteiger partial charge in [-0.1, -0.05) is 11.6 Å². The van der Waals surface area contributed by atoms with Gasteiger partial charge in [-0.25, -0.2) is 4.79 Å². The average Bonchev–Trinajstić information content (AvgIpc) is 2.16. The topological polar surface area (TPSA) is 78.7 Å². The fourth-order valence-corrected chi connectivity index (χ4v) is 1.01. The summed E-state index contributed by atoms with van der Waals surface area (Å²) in [4.78, 5) is 24.4. The first-order chi connectivity index (χ1) is 7.04. The first-order valence-electron chi connectivity index (χ1n) is 4.42. The van der Waals surface area contributed by atoms with Crippen molar-refractivity contribution in [3.05, 3.63) is 44.2 Å². The van der Waals surface area contributed by atoms with Gasteiger partial charge in [-0.05, 0) is 13.8 Å². The van der Waals surface area contributed by atoms with Crippen molar-refractivity contribution in [2.45, 2.75) is 20.4 Å². The maximum atomic E-state index is 11.3. The van der Waals surface area contributed by atoms with E-state index in [-0.39, 0.29) is 5.56 Å². The lowest BCUT2D eigenvalue weighted by molar-refractivity contribution is 0.729. The molecule has 0 amide bonds. The molecule has 0 saturated carbocycles. The van der Waals surface area contributed by atoms with Crippen molar-refractivity contribution in [1.29, 1.82) is 5.26 Å². The summed E-state index contributed by atoms with van der Waals surface area (Å²) in [5, 5.41) is 8.61. The predicted molar refractivity (Wildman–Crippen MR) is 55.5 cm³/mol. The quantitative estimate of drug-likeness (QED) is 0.708. The lowest BCUT2D eigenvalue weighted by atomic mass is 10.3. The molecule has 1 aromatic rings. The number of hydrogen-bond donors (Lipinski definition) is 1. The van der Waals surface area contributed by atoms with E-state index in [1.165, 1.54) is 10.8 Å². The second-order valence-corrected chi connectivity index (χ2v) is 3.35. The molecule has 0 unspecified atom stereocenters. The molecule has 0 radical (unpaired) electrons. The van der Waals surface area contributed by atoms with E-state index in [0.29, 0.717) is 6.54 Å². The Bertz CT molecular complexity index is 539. The molecule has 0 fully saturated rings. The van der Waals surface area contributed by atoms with Crippen LogP contribution in [0.2, 0.25) is 0 Å². The van der Waals surface area contributed by atoms with Gasteiger partial charge in [-0.2, -0.15) is 5.26 Å². The molecule has 0 atom stereocenters. The summed E-state index contributed by atoms with van der Waals surface area (Å²) in [6, 6.07) is 1.73. The number of aromatic amines is 1.